The summed E-state index contributed by atoms with van der Waals surface area (Å²) in [6.45, 7) is 12.7. The second-order valence-electron chi connectivity index (χ2n) is 19.6. The third kappa shape index (κ3) is 14.3. The molecule has 3 heterocycles. The lowest BCUT2D eigenvalue weighted by atomic mass is 9.78. The van der Waals surface area contributed by atoms with Gasteiger partial charge < -0.3 is 43.9 Å². The molecule has 14 nitrogen and oxygen atoms in total. The Kier molecular flexibility index (Phi) is 21.0. The van der Waals surface area contributed by atoms with Crippen molar-refractivity contribution in [3.8, 4) is 0 Å². The Hall–Kier alpha value is -3.37. The molecule has 0 aromatic carbocycles. The third-order valence-corrected chi connectivity index (χ3v) is 14.5. The van der Waals surface area contributed by atoms with Crippen LogP contribution < -0.4 is 0 Å². The van der Waals surface area contributed by atoms with Gasteiger partial charge in [0, 0.05) is 58.5 Å². The van der Waals surface area contributed by atoms with Gasteiger partial charge in [-0.1, -0.05) is 71.1 Å². The number of carbonyl (C=O) groups excluding carboxylic acids is 5. The number of hydrogen-bond acceptors (Lipinski definition) is 13. The van der Waals surface area contributed by atoms with Crippen molar-refractivity contribution in [3.63, 3.8) is 0 Å². The number of Topliss-reactive ketones (excluding diaryl/α,β-unsaturated/α-hetero) is 3. The van der Waals surface area contributed by atoms with E-state index >= 15 is 0 Å². The highest BCUT2D eigenvalue weighted by molar-refractivity contribution is 6.39. The molecule has 2 bridgehead atoms. The van der Waals surface area contributed by atoms with E-state index in [1.54, 1.807) is 41.1 Å². The molecule has 15 atom stereocenters. The minimum atomic E-state index is -2.43. The number of hydrogen-bond donors (Lipinski definition) is 3. The van der Waals surface area contributed by atoms with Gasteiger partial charge in [0.15, 0.2) is 5.78 Å². The smallest absolute Gasteiger partial charge is 0.329 e. The number of amides is 1. The zero-order valence-corrected chi connectivity index (χ0v) is 40.6. The standard InChI is InChI=1S/C51H79NO13/c1-30-16-12-11-13-17-31(2)42(61-8)28-38-21-19-36(7)51(60,65-38)48(57)49(58)52-23-15-14-18-39(52)50(59)64-43(33(4)26-37-20-22-40(53)44(27-37)62-9)29-41(54)32(3)25-35(6)46(56)47(63-10)45(55)34(5)24-30/h11-13,16-17,25,30,32-34,36-40,42-44,46-47,53,56,60H,14-15,18-24,26-29H2,1-10H3/b13-11+,16-12+,31-17+,35-25+/t30-,32?,33-,34?,36?,37?,38+,39?,40-,42+,43?,44?,46-,47?,51?/m1/s1. The molecule has 65 heavy (non-hydrogen) atoms. The molecule has 366 valence electrons. The molecule has 9 unspecified atom stereocenters. The summed E-state index contributed by atoms with van der Waals surface area (Å²) in [4.78, 5) is 71.8. The van der Waals surface area contributed by atoms with Crippen LogP contribution in [0.4, 0.5) is 0 Å². The van der Waals surface area contributed by atoms with Crippen molar-refractivity contribution < 1.29 is 63.0 Å². The molecule has 1 aliphatic carbocycles. The maximum Gasteiger partial charge on any atom is 0.329 e. The topological polar surface area (TPSA) is 195 Å². The normalized spacial score (nSPS) is 40.4. The second-order valence-corrected chi connectivity index (χ2v) is 19.6. The van der Waals surface area contributed by atoms with Gasteiger partial charge in [-0.05, 0) is 107 Å². The number of carbonyl (C=O) groups is 5. The van der Waals surface area contributed by atoms with Gasteiger partial charge in [0.1, 0.15) is 30.1 Å². The number of ether oxygens (including phenoxy) is 5. The Labute approximate surface area is 387 Å². The highest BCUT2D eigenvalue weighted by Crippen LogP contribution is 2.38. The van der Waals surface area contributed by atoms with E-state index in [0.717, 1.165) is 12.0 Å². The van der Waals surface area contributed by atoms with Crippen molar-refractivity contribution in [2.24, 2.45) is 35.5 Å². The Morgan fingerprint density at radius 1 is 0.846 bits per heavy atom. The summed E-state index contributed by atoms with van der Waals surface area (Å²) in [6, 6.07) is -1.14. The molecule has 1 amide bonds. The molecule has 0 aromatic rings. The zero-order valence-electron chi connectivity index (χ0n) is 40.6. The first kappa shape index (κ1) is 54.2. The fourth-order valence-electron chi connectivity index (χ4n) is 10.1. The lowest BCUT2D eigenvalue weighted by Gasteiger charge is -2.42. The Morgan fingerprint density at radius 2 is 1.57 bits per heavy atom. The summed E-state index contributed by atoms with van der Waals surface area (Å²) in [5, 5.41) is 33.8. The number of aliphatic hydroxyl groups excluding tert-OH is 2. The molecule has 1 saturated carbocycles. The molecule has 14 heteroatoms. The van der Waals surface area contributed by atoms with Crippen LogP contribution in [0.1, 0.15) is 126 Å². The summed E-state index contributed by atoms with van der Waals surface area (Å²) in [5.41, 5.74) is 1.27. The van der Waals surface area contributed by atoms with Gasteiger partial charge in [0.05, 0.1) is 24.4 Å². The van der Waals surface area contributed by atoms with E-state index in [4.69, 9.17) is 23.7 Å². The van der Waals surface area contributed by atoms with Crippen molar-refractivity contribution in [2.75, 3.05) is 27.9 Å². The molecule has 3 aliphatic heterocycles. The van der Waals surface area contributed by atoms with Crippen LogP contribution >= 0.6 is 0 Å². The average molecular weight is 914 g/mol. The van der Waals surface area contributed by atoms with Gasteiger partial charge in [-0.2, -0.15) is 0 Å². The van der Waals surface area contributed by atoms with Crippen LogP contribution in [0.15, 0.2) is 47.6 Å². The molecule has 0 spiro atoms. The van der Waals surface area contributed by atoms with Crippen LogP contribution in [-0.4, -0.2) is 132 Å². The summed E-state index contributed by atoms with van der Waals surface area (Å²) in [7, 11) is 4.52. The van der Waals surface area contributed by atoms with Crippen molar-refractivity contribution in [2.45, 2.75) is 180 Å². The van der Waals surface area contributed by atoms with E-state index in [2.05, 4.69) is 0 Å². The summed E-state index contributed by atoms with van der Waals surface area (Å²) >= 11 is 0. The number of cyclic esters (lactones) is 1. The fourth-order valence-corrected chi connectivity index (χ4v) is 10.1. The molecular weight excluding hydrogens is 835 g/mol. The number of allylic oxidation sites excluding steroid dienone is 6. The molecule has 3 fully saturated rings. The first-order chi connectivity index (χ1) is 30.7. The van der Waals surface area contributed by atoms with Crippen molar-refractivity contribution in [1.29, 1.82) is 0 Å². The number of piperidine rings is 1. The van der Waals surface area contributed by atoms with Crippen LogP contribution in [0.3, 0.4) is 0 Å². The molecule has 0 radical (unpaired) electrons. The number of rotatable bonds is 6. The van der Waals surface area contributed by atoms with Gasteiger partial charge in [-0.3, -0.25) is 19.2 Å². The highest BCUT2D eigenvalue weighted by atomic mass is 16.6. The minimum Gasteiger partial charge on any atom is -0.460 e. The monoisotopic (exact) mass is 914 g/mol. The summed E-state index contributed by atoms with van der Waals surface area (Å²) < 4.78 is 29.4. The fraction of sp³-hybridized carbons (Fsp3) is 0.745. The van der Waals surface area contributed by atoms with Crippen molar-refractivity contribution in [1.82, 2.24) is 4.90 Å². The lowest BCUT2D eigenvalue weighted by Crippen LogP contribution is -2.61. The zero-order chi connectivity index (χ0) is 48.2. The molecule has 3 N–H and O–H groups in total. The van der Waals surface area contributed by atoms with E-state index < -0.39 is 83.9 Å². The number of methoxy groups -OCH3 is 3. The maximum atomic E-state index is 14.4. The van der Waals surface area contributed by atoms with Crippen LogP contribution in [0.25, 0.3) is 0 Å². The molecule has 2 saturated heterocycles. The number of fused-ring (bicyclic) bond motifs is 3. The minimum absolute atomic E-state index is 0.0193. The lowest BCUT2D eigenvalue weighted by molar-refractivity contribution is -0.265. The average Bonchev–Trinajstić information content (AvgIpc) is 3.28. The van der Waals surface area contributed by atoms with E-state index in [1.807, 2.05) is 58.1 Å². The number of ketones is 3. The number of esters is 1. The molecule has 4 aliphatic rings. The van der Waals surface area contributed by atoms with Crippen LogP contribution in [0.5, 0.6) is 0 Å². The van der Waals surface area contributed by atoms with E-state index in [-0.39, 0.29) is 54.8 Å². The Bertz CT molecular complexity index is 1760. The first-order valence-electron chi connectivity index (χ1n) is 23.9. The molecular formula is C51H79NO13. The van der Waals surface area contributed by atoms with Gasteiger partial charge in [-0.15, -0.1) is 0 Å². The molecule has 0 aromatic heterocycles. The largest absolute Gasteiger partial charge is 0.460 e. The van der Waals surface area contributed by atoms with Gasteiger partial charge in [-0.25, -0.2) is 4.79 Å². The number of nitrogens with zero attached hydrogens (tertiary/aromatic N) is 1. The predicted molar refractivity (Wildman–Crippen MR) is 245 cm³/mol. The van der Waals surface area contributed by atoms with Crippen LogP contribution in [0.2, 0.25) is 0 Å². The highest BCUT2D eigenvalue weighted by Gasteiger charge is 2.53. The maximum absolute atomic E-state index is 14.4. The first-order valence-corrected chi connectivity index (χ1v) is 23.9. The van der Waals surface area contributed by atoms with Crippen LogP contribution in [0, 0.1) is 35.5 Å². The predicted octanol–water partition coefficient (Wildman–Crippen LogP) is 6.18. The number of aliphatic hydroxyl groups is 3. The van der Waals surface area contributed by atoms with Gasteiger partial charge >= 0.3 is 5.97 Å². The van der Waals surface area contributed by atoms with Gasteiger partial charge in [0.2, 0.25) is 5.79 Å². The van der Waals surface area contributed by atoms with Crippen LogP contribution in [-0.2, 0) is 47.7 Å². The summed E-state index contributed by atoms with van der Waals surface area (Å²) in [5.74, 6) is -7.96. The Balaban J connectivity index is 1.70. The summed E-state index contributed by atoms with van der Waals surface area (Å²) in [6.07, 6.45) is 11.2. The molecule has 4 rings (SSSR count). The van der Waals surface area contributed by atoms with Crippen molar-refractivity contribution >= 4 is 29.2 Å². The quantitative estimate of drug-likeness (QED) is 0.156. The second kappa shape index (κ2) is 25.1. The van der Waals surface area contributed by atoms with E-state index in [1.165, 1.54) is 12.0 Å². The Morgan fingerprint density at radius 3 is 2.25 bits per heavy atom. The van der Waals surface area contributed by atoms with Gasteiger partial charge in [0.25, 0.3) is 11.7 Å². The third-order valence-electron chi connectivity index (χ3n) is 14.5. The van der Waals surface area contributed by atoms with E-state index in [0.29, 0.717) is 63.4 Å². The van der Waals surface area contributed by atoms with E-state index in [9.17, 15) is 39.3 Å². The SMILES string of the molecule is COC1CC(C[C@@H](C)C2CC(=O)C(C)/C=C(\C)[C@@H](O)C(OC)C(=O)C(C)C[C@H](C)/C=C/C=C/C=C(\C)[C@@H](OC)C[C@@H]3CCC(C)C(O)(O3)C(=O)C(=O)N3CCCCC3C(=O)O2)CC[C@H]1O. The van der Waals surface area contributed by atoms with Crippen molar-refractivity contribution in [3.05, 3.63) is 47.6 Å².